The fraction of sp³-hybridized carbons (Fsp3) is 0.500. The molecule has 0 aromatic carbocycles. The van der Waals surface area contributed by atoms with Gasteiger partial charge in [-0.25, -0.2) is 0 Å². The van der Waals surface area contributed by atoms with Gasteiger partial charge in [0.2, 0.25) is 0 Å². The minimum atomic E-state index is 0.557. The van der Waals surface area contributed by atoms with Gasteiger partial charge in [0.1, 0.15) is 0 Å². The summed E-state index contributed by atoms with van der Waals surface area (Å²) in [5.74, 6) is 2.72. The molecule has 0 radical (unpaired) electrons. The van der Waals surface area contributed by atoms with Crippen molar-refractivity contribution >= 4 is 78.0 Å². The molecule has 1 aromatic rings. The molecule has 0 bridgehead atoms. The van der Waals surface area contributed by atoms with Crippen LogP contribution in [-0.2, 0) is 0 Å². The van der Waals surface area contributed by atoms with Crippen molar-refractivity contribution in [2.24, 2.45) is 0 Å². The number of hydrogen-bond acceptors (Lipinski definition) is 2. The van der Waals surface area contributed by atoms with E-state index in [4.69, 9.17) is 0 Å². The second kappa shape index (κ2) is 5.85. The summed E-state index contributed by atoms with van der Waals surface area (Å²) in [5, 5.41) is 1.80. The molecule has 0 nitrogen and oxygen atoms in total. The molecule has 2 atom stereocenters. The average molecular weight is 457 g/mol. The predicted molar refractivity (Wildman–Crippen MR) is 84.8 cm³/mol. The quantitative estimate of drug-likeness (QED) is 0.465. The van der Waals surface area contributed by atoms with Crippen LogP contribution in [0.5, 0.6) is 0 Å². The van der Waals surface area contributed by atoms with Crippen molar-refractivity contribution < 1.29 is 0 Å². The zero-order valence-electron chi connectivity index (χ0n) is 9.18. The van der Waals surface area contributed by atoms with Crippen molar-refractivity contribution in [3.05, 3.63) is 21.0 Å². The van der Waals surface area contributed by atoms with E-state index in [9.17, 15) is 0 Å². The molecule has 5 heteroatoms. The van der Waals surface area contributed by atoms with Crippen LogP contribution in [0.15, 0.2) is 11.0 Å². The van der Waals surface area contributed by atoms with Crippen LogP contribution in [-0.4, -0.2) is 76.5 Å². The summed E-state index contributed by atoms with van der Waals surface area (Å²) in [4.78, 5) is 2.37. The van der Waals surface area contributed by atoms with Gasteiger partial charge in [-0.2, -0.15) is 0 Å². The summed E-state index contributed by atoms with van der Waals surface area (Å²) in [7, 11) is 0. The summed E-state index contributed by atoms with van der Waals surface area (Å²) in [6, 6.07) is 2.34. The Balaban J connectivity index is 1.72. The van der Waals surface area contributed by atoms with E-state index in [-0.39, 0.29) is 0 Å². The Hall–Kier alpha value is 1.48. The Bertz CT molecular complexity index is 418. The molecule has 2 fully saturated rings. The molecular weight excluding hydrogens is 445 g/mol. The predicted octanol–water partition coefficient (Wildman–Crippen LogP) is 1.13. The monoisotopic (exact) mass is 460 g/mol. The molecule has 17 heavy (non-hydrogen) atoms. The molecule has 2 saturated heterocycles. The third-order valence-electron chi connectivity index (χ3n) is 2.85. The maximum absolute atomic E-state index is 3.33. The van der Waals surface area contributed by atoms with Crippen molar-refractivity contribution in [1.29, 1.82) is 0 Å². The fourth-order valence-electron chi connectivity index (χ4n) is 1.73. The van der Waals surface area contributed by atoms with E-state index in [1.807, 2.05) is 0 Å². The molecule has 0 N–H and O–H groups in total. The van der Waals surface area contributed by atoms with Crippen LogP contribution in [0.25, 0.3) is 0 Å². The Morgan fingerprint density at radius 3 is 2.35 bits per heavy atom. The molecule has 0 spiro atoms. The van der Waals surface area contributed by atoms with Crippen molar-refractivity contribution in [2.75, 3.05) is 11.5 Å². The first kappa shape index (κ1) is 13.5. The van der Waals surface area contributed by atoms with Gasteiger partial charge in [0.15, 0.2) is 0 Å². The summed E-state index contributed by atoms with van der Waals surface area (Å²) in [6.07, 6.45) is 2.51. The molecule has 2 aliphatic heterocycles. The van der Waals surface area contributed by atoms with Gasteiger partial charge in [0.05, 0.1) is 0 Å². The number of hydrogen-bond donors (Lipinski definition) is 0. The van der Waals surface area contributed by atoms with Crippen molar-refractivity contribution in [1.82, 2.24) is 0 Å². The first-order valence-corrected chi connectivity index (χ1v) is 11.3. The van der Waals surface area contributed by atoms with E-state index in [1.54, 1.807) is 4.44 Å². The van der Waals surface area contributed by atoms with Crippen LogP contribution in [0.2, 0.25) is 0 Å². The molecule has 0 amide bonds. The summed E-state index contributed by atoms with van der Waals surface area (Å²) in [6.45, 7) is 0. The van der Waals surface area contributed by atoms with E-state index in [0.29, 0.717) is 14.5 Å². The maximum atomic E-state index is 3.33. The number of thioether (sulfide) groups is 2. The summed E-state index contributed by atoms with van der Waals surface area (Å²) >= 11 is 11.4. The molecule has 0 aliphatic carbocycles. The molecule has 0 saturated carbocycles. The van der Waals surface area contributed by atoms with Gasteiger partial charge >= 0.3 is 134 Å². The van der Waals surface area contributed by atoms with Crippen molar-refractivity contribution in [3.63, 3.8) is 0 Å². The summed E-state index contributed by atoms with van der Waals surface area (Å²) < 4.78 is 4.63. The number of rotatable bonds is 6. The Morgan fingerprint density at radius 2 is 1.76 bits per heavy atom. The SMILES string of the molecule is [Se]=C(CC1CS1)c1cc[se]c1C(=[Se])CC1CS1. The van der Waals surface area contributed by atoms with Gasteiger partial charge in [-0.15, -0.1) is 0 Å². The van der Waals surface area contributed by atoms with E-state index in [0.717, 1.165) is 10.5 Å². The standard InChI is InChI=1S/C12H12S2Se3/c15-10(3-7-5-13-7)9-1-2-17-12(9)11(16)4-8-6-14-8/h1-2,7-8H,3-6H2. The normalized spacial score (nSPS) is 25.6. The van der Waals surface area contributed by atoms with Gasteiger partial charge in [-0.3, -0.25) is 0 Å². The van der Waals surface area contributed by atoms with E-state index < -0.39 is 0 Å². The van der Waals surface area contributed by atoms with Gasteiger partial charge in [0, 0.05) is 0 Å². The average Bonchev–Trinajstić information content (AvgIpc) is 3.21. The molecule has 2 unspecified atom stereocenters. The minimum absolute atomic E-state index is 0.557. The van der Waals surface area contributed by atoms with Crippen molar-refractivity contribution in [3.8, 4) is 0 Å². The van der Waals surface area contributed by atoms with Crippen LogP contribution in [0.1, 0.15) is 22.8 Å². The second-order valence-corrected chi connectivity index (χ2v) is 11.0. The van der Waals surface area contributed by atoms with Gasteiger partial charge in [-0.05, 0) is 0 Å². The molecule has 1 aromatic heterocycles. The van der Waals surface area contributed by atoms with E-state index in [1.165, 1.54) is 38.7 Å². The van der Waals surface area contributed by atoms with Gasteiger partial charge < -0.3 is 0 Å². The zero-order chi connectivity index (χ0) is 11.8. The Labute approximate surface area is 133 Å². The summed E-state index contributed by atoms with van der Waals surface area (Å²) in [5.41, 5.74) is 1.51. The van der Waals surface area contributed by atoms with Crippen molar-refractivity contribution in [2.45, 2.75) is 23.3 Å². The van der Waals surface area contributed by atoms with Gasteiger partial charge in [0.25, 0.3) is 0 Å². The van der Waals surface area contributed by atoms with Crippen LogP contribution >= 0.6 is 23.5 Å². The van der Waals surface area contributed by atoms with Crippen LogP contribution in [0.4, 0.5) is 0 Å². The molecule has 3 heterocycles. The van der Waals surface area contributed by atoms with Crippen LogP contribution < -0.4 is 0 Å². The fourth-order valence-corrected chi connectivity index (χ4v) is 7.40. The Kier molecular flexibility index (Phi) is 4.63. The molecular formula is C12H12S2Se3. The van der Waals surface area contributed by atoms with E-state index >= 15 is 0 Å². The zero-order valence-corrected chi connectivity index (χ0v) is 16.0. The second-order valence-electron chi connectivity index (χ2n) is 4.33. The first-order valence-electron chi connectivity index (χ1n) is 5.61. The van der Waals surface area contributed by atoms with Crippen LogP contribution in [0, 0.1) is 0 Å². The van der Waals surface area contributed by atoms with Crippen LogP contribution in [0.3, 0.4) is 0 Å². The molecule has 2 aliphatic rings. The first-order chi connectivity index (χ1) is 8.24. The third kappa shape index (κ3) is 3.74. The third-order valence-corrected chi connectivity index (χ3v) is 9.08. The van der Waals surface area contributed by atoms with Gasteiger partial charge in [-0.1, -0.05) is 0 Å². The van der Waals surface area contributed by atoms with E-state index in [2.05, 4.69) is 65.7 Å². The molecule has 90 valence electrons. The molecule has 3 rings (SSSR count). The Morgan fingerprint density at radius 1 is 1.18 bits per heavy atom. The topological polar surface area (TPSA) is 0 Å².